The number of nitrogens with zero attached hydrogens (tertiary/aromatic N) is 2. The second-order valence-corrected chi connectivity index (χ2v) is 14.5. The number of fused-ring (bicyclic) bond motifs is 8. The average molecular weight is 706 g/mol. The molecule has 9 heteroatoms. The molecular weight excluding hydrogens is 663 g/mol. The van der Waals surface area contributed by atoms with Gasteiger partial charge < -0.3 is 24.0 Å². The number of hydrogen-bond donors (Lipinski definition) is 2. The summed E-state index contributed by atoms with van der Waals surface area (Å²) in [5.41, 5.74) is 10.6. The van der Waals surface area contributed by atoms with Gasteiger partial charge in [0.1, 0.15) is 5.75 Å². The lowest BCUT2D eigenvalue weighted by Crippen LogP contribution is -2.41. The van der Waals surface area contributed by atoms with Crippen molar-refractivity contribution in [3.05, 3.63) is 81.3 Å². The van der Waals surface area contributed by atoms with Crippen LogP contribution in [-0.2, 0) is 15.7 Å². The minimum atomic E-state index is -0.528. The van der Waals surface area contributed by atoms with Gasteiger partial charge in [0, 0.05) is 33.1 Å². The fourth-order valence-corrected chi connectivity index (χ4v) is 6.94. The molecule has 3 aliphatic rings. The molecule has 0 atom stereocenters. The van der Waals surface area contributed by atoms with Crippen molar-refractivity contribution in [2.45, 2.75) is 77.9 Å². The Hall–Kier alpha value is -3.92. The lowest BCUT2D eigenvalue weighted by molar-refractivity contribution is 0.00578. The van der Waals surface area contributed by atoms with E-state index in [1.165, 1.54) is 12.8 Å². The molecule has 6 heterocycles. The third kappa shape index (κ3) is 6.08. The summed E-state index contributed by atoms with van der Waals surface area (Å²) in [6.45, 7) is 10.6. The standard InChI is InChI=1S/C39H42BBrN4O3/c1-7-8-9-10-11-28-30-18-19-31(44-30)35(24-12-15-27(46-6)16-13-24)32-20-21-34(45-32)36(41)33-17-14-25(42-33)22-26-23-29(37(28)43-26)40-47-38(2,3)39(4,5)48-40/h12-23,42-43H,7-11H2,1-6H3. The third-order valence-corrected chi connectivity index (χ3v) is 10.8. The summed E-state index contributed by atoms with van der Waals surface area (Å²) in [6.07, 6.45) is 13.8. The van der Waals surface area contributed by atoms with Crippen LogP contribution in [0.1, 0.15) is 88.6 Å². The quantitative estimate of drug-likeness (QED) is 0.122. The molecule has 7 rings (SSSR count). The van der Waals surface area contributed by atoms with Gasteiger partial charge in [0.2, 0.25) is 0 Å². The van der Waals surface area contributed by atoms with Crippen molar-refractivity contribution < 1.29 is 14.0 Å². The topological polar surface area (TPSA) is 85.1 Å². The van der Waals surface area contributed by atoms with Gasteiger partial charge >= 0.3 is 7.12 Å². The zero-order valence-corrected chi connectivity index (χ0v) is 30.1. The Morgan fingerprint density at radius 2 is 1.44 bits per heavy atom. The van der Waals surface area contributed by atoms with Crippen LogP contribution in [0.15, 0.2) is 53.0 Å². The summed E-state index contributed by atoms with van der Waals surface area (Å²) in [6, 6.07) is 16.6. The Labute approximate surface area is 291 Å². The van der Waals surface area contributed by atoms with E-state index in [1.807, 2.05) is 18.2 Å². The molecule has 0 amide bonds. The van der Waals surface area contributed by atoms with Crippen LogP contribution in [-0.4, -0.2) is 45.4 Å². The van der Waals surface area contributed by atoms with E-state index < -0.39 is 18.3 Å². The Kier molecular flexibility index (Phi) is 8.73. The van der Waals surface area contributed by atoms with E-state index >= 15 is 0 Å². The summed E-state index contributed by atoms with van der Waals surface area (Å²) >= 11 is 3.84. The Bertz CT molecular complexity index is 2080. The number of nitrogens with one attached hydrogen (secondary N) is 2. The fraction of sp³-hybridized carbons (Fsp3) is 0.333. The Morgan fingerprint density at radius 3 is 2.12 bits per heavy atom. The fourth-order valence-electron chi connectivity index (χ4n) is 6.49. The summed E-state index contributed by atoms with van der Waals surface area (Å²) in [5.74, 6) is 0.802. The maximum atomic E-state index is 6.65. The van der Waals surface area contributed by atoms with Crippen molar-refractivity contribution in [1.82, 2.24) is 19.9 Å². The van der Waals surface area contributed by atoms with Gasteiger partial charge in [-0.05, 0) is 123 Å². The van der Waals surface area contributed by atoms with Gasteiger partial charge in [-0.25, -0.2) is 9.97 Å². The van der Waals surface area contributed by atoms with Crippen LogP contribution in [0.4, 0.5) is 0 Å². The van der Waals surface area contributed by atoms with Gasteiger partial charge in [0.05, 0.1) is 51.1 Å². The largest absolute Gasteiger partial charge is 0.497 e. The SMILES string of the molecule is CCCCCCc1c2nc(c(-c3ccc(OC)cc3)c3nc(c(Br)c4ccc(cc5cc(B6OC(C)(C)C(C)(C)O6)c1[nH]5)[nH]4)C=C3)C=C2. The van der Waals surface area contributed by atoms with Gasteiger partial charge in [-0.1, -0.05) is 38.3 Å². The highest BCUT2D eigenvalue weighted by atomic mass is 79.9. The van der Waals surface area contributed by atoms with Crippen molar-refractivity contribution in [3.8, 4) is 16.9 Å². The second-order valence-electron chi connectivity index (χ2n) is 13.8. The summed E-state index contributed by atoms with van der Waals surface area (Å²) in [7, 11) is 1.16. The number of rotatable bonds is 8. The van der Waals surface area contributed by atoms with Crippen LogP contribution in [0.25, 0.3) is 57.5 Å². The maximum Gasteiger partial charge on any atom is 0.497 e. The maximum absolute atomic E-state index is 6.65. The van der Waals surface area contributed by atoms with Gasteiger partial charge in [-0.3, -0.25) is 0 Å². The lowest BCUT2D eigenvalue weighted by Gasteiger charge is -2.32. The molecule has 0 aliphatic carbocycles. The Balaban J connectivity index is 1.56. The summed E-state index contributed by atoms with van der Waals surface area (Å²) in [4.78, 5) is 17.8. The highest BCUT2D eigenvalue weighted by molar-refractivity contribution is 9.10. The molecule has 7 nitrogen and oxygen atoms in total. The van der Waals surface area contributed by atoms with Gasteiger partial charge in [0.25, 0.3) is 0 Å². The van der Waals surface area contributed by atoms with E-state index in [-0.39, 0.29) is 0 Å². The number of aryl methyl sites for hydroxylation is 1. The van der Waals surface area contributed by atoms with Gasteiger partial charge in [-0.2, -0.15) is 0 Å². The average Bonchev–Trinajstić information content (AvgIpc) is 3.90. The van der Waals surface area contributed by atoms with Crippen LogP contribution >= 0.6 is 15.9 Å². The molecule has 0 spiro atoms. The van der Waals surface area contributed by atoms with E-state index in [2.05, 4.69) is 115 Å². The predicted molar refractivity (Wildman–Crippen MR) is 202 cm³/mol. The number of hydrogen-bond acceptors (Lipinski definition) is 5. The van der Waals surface area contributed by atoms with Crippen molar-refractivity contribution in [1.29, 1.82) is 0 Å². The summed E-state index contributed by atoms with van der Waals surface area (Å²) < 4.78 is 19.7. The van der Waals surface area contributed by atoms with Crippen molar-refractivity contribution in [2.24, 2.45) is 0 Å². The first-order valence-corrected chi connectivity index (χ1v) is 17.7. The van der Waals surface area contributed by atoms with E-state index in [0.717, 1.165) is 96.5 Å². The Morgan fingerprint density at radius 1 is 0.771 bits per heavy atom. The monoisotopic (exact) mass is 704 g/mol. The number of methoxy groups -OCH3 is 1. The number of H-pyrrole nitrogens is 2. The molecule has 0 radical (unpaired) electrons. The van der Waals surface area contributed by atoms with Crippen molar-refractivity contribution in [3.63, 3.8) is 0 Å². The zero-order valence-electron chi connectivity index (χ0n) is 28.5. The van der Waals surface area contributed by atoms with Crippen LogP contribution in [0.3, 0.4) is 0 Å². The van der Waals surface area contributed by atoms with Gasteiger partial charge in [0.15, 0.2) is 0 Å². The molecule has 1 aromatic carbocycles. The zero-order chi connectivity index (χ0) is 33.6. The molecule has 1 fully saturated rings. The third-order valence-electron chi connectivity index (χ3n) is 9.92. The highest BCUT2D eigenvalue weighted by Crippen LogP contribution is 2.38. The molecular formula is C39H42BBrN4O3. The normalized spacial score (nSPS) is 16.2. The number of aromatic nitrogens is 4. The molecule has 0 saturated carbocycles. The number of aromatic amines is 2. The smallest absolute Gasteiger partial charge is 0.497 e. The van der Waals surface area contributed by atoms with Crippen molar-refractivity contribution in [2.75, 3.05) is 7.11 Å². The lowest BCUT2D eigenvalue weighted by atomic mass is 9.78. The minimum absolute atomic E-state index is 0.470. The number of halogens is 1. The van der Waals surface area contributed by atoms with Gasteiger partial charge in [-0.15, -0.1) is 0 Å². The number of unbranched alkanes of at least 4 members (excludes halogenated alkanes) is 3. The van der Waals surface area contributed by atoms with E-state index in [9.17, 15) is 0 Å². The predicted octanol–water partition coefficient (Wildman–Crippen LogP) is 9.52. The van der Waals surface area contributed by atoms with Crippen LogP contribution < -0.4 is 10.2 Å². The molecule has 1 saturated heterocycles. The minimum Gasteiger partial charge on any atom is -0.497 e. The second kappa shape index (κ2) is 12.8. The molecule has 48 heavy (non-hydrogen) atoms. The number of benzene rings is 1. The first kappa shape index (κ1) is 32.6. The van der Waals surface area contributed by atoms with Crippen molar-refractivity contribution >= 4 is 74.9 Å². The first-order valence-electron chi connectivity index (χ1n) is 16.9. The molecule has 8 bridgehead atoms. The molecule has 4 aromatic rings. The van der Waals surface area contributed by atoms with E-state index in [0.29, 0.717) is 0 Å². The van der Waals surface area contributed by atoms with E-state index in [4.69, 9.17) is 24.0 Å². The molecule has 2 N–H and O–H groups in total. The number of ether oxygens (including phenoxy) is 1. The molecule has 0 unspecified atom stereocenters. The molecule has 3 aliphatic heterocycles. The van der Waals surface area contributed by atoms with Crippen LogP contribution in [0.2, 0.25) is 0 Å². The van der Waals surface area contributed by atoms with Crippen LogP contribution in [0, 0.1) is 0 Å². The molecule has 246 valence electrons. The van der Waals surface area contributed by atoms with E-state index in [1.54, 1.807) is 7.11 Å². The summed E-state index contributed by atoms with van der Waals surface area (Å²) in [5, 5.41) is 0. The van der Waals surface area contributed by atoms with Crippen LogP contribution in [0.5, 0.6) is 5.75 Å². The molecule has 3 aromatic heterocycles. The first-order chi connectivity index (χ1) is 23.1. The highest BCUT2D eigenvalue weighted by Gasteiger charge is 2.52.